The molecule has 0 bridgehead atoms. The number of rotatable bonds is 5. The summed E-state index contributed by atoms with van der Waals surface area (Å²) in [7, 11) is 5.10. The minimum atomic E-state index is -1.72. The van der Waals surface area contributed by atoms with Crippen LogP contribution in [0.15, 0.2) is 30.5 Å². The molecule has 0 aliphatic heterocycles. The number of halogens is 1. The van der Waals surface area contributed by atoms with E-state index < -0.39 is 8.24 Å². The Hall–Kier alpha value is -0.333. The Morgan fingerprint density at radius 1 is 0.833 bits per heavy atom. The fraction of sp³-hybridized carbons (Fsp3) is 0.600. The molecular formula is C20H35IN2Si. The molecule has 136 valence electrons. The monoisotopic (exact) mass is 458 g/mol. The van der Waals surface area contributed by atoms with Gasteiger partial charge in [0, 0.05) is 5.52 Å². The Kier molecular flexibility index (Phi) is 6.78. The standard InChI is InChI=1S/C20H35N2Si.HI/c1-15(2)23(16(3)4,17(5)6)21-14-20(22(7,8)9)18-12-10-11-13-19(18)21;/h10-17H,1-9H3;1H/q+1;/p-1. The van der Waals surface area contributed by atoms with E-state index in [1.807, 2.05) is 0 Å². The van der Waals surface area contributed by atoms with Gasteiger partial charge in [0.25, 0.3) is 0 Å². The zero-order valence-electron chi connectivity index (χ0n) is 16.9. The molecule has 2 rings (SSSR count). The zero-order valence-corrected chi connectivity index (χ0v) is 20.0. The predicted octanol–water partition coefficient (Wildman–Crippen LogP) is 2.87. The van der Waals surface area contributed by atoms with Crippen LogP contribution in [0.2, 0.25) is 16.6 Å². The molecule has 0 fully saturated rings. The van der Waals surface area contributed by atoms with Gasteiger partial charge in [-0.15, -0.1) is 0 Å². The van der Waals surface area contributed by atoms with Crippen LogP contribution in [-0.4, -0.2) is 33.6 Å². The first kappa shape index (κ1) is 21.7. The van der Waals surface area contributed by atoms with Crippen molar-refractivity contribution in [3.8, 4) is 0 Å². The molecule has 4 heteroatoms. The quantitative estimate of drug-likeness (QED) is 0.369. The molecule has 0 saturated heterocycles. The highest BCUT2D eigenvalue weighted by Gasteiger charge is 2.46. The van der Waals surface area contributed by atoms with Crippen molar-refractivity contribution in [3.05, 3.63) is 30.5 Å². The van der Waals surface area contributed by atoms with Crippen molar-refractivity contribution >= 4 is 24.8 Å². The molecule has 0 atom stereocenters. The van der Waals surface area contributed by atoms with Crippen molar-refractivity contribution in [1.82, 2.24) is 8.72 Å². The van der Waals surface area contributed by atoms with Gasteiger partial charge < -0.3 is 28.2 Å². The smallest absolute Gasteiger partial charge is 0.169 e. The van der Waals surface area contributed by atoms with Crippen LogP contribution in [0.4, 0.5) is 5.69 Å². The maximum absolute atomic E-state index is 2.74. The SMILES string of the molecule is CC(C)[Si](C(C)C)(C(C)C)n1cc([N+](C)(C)C)c2ccccc21.[I-]. The zero-order chi connectivity index (χ0) is 17.6. The predicted molar refractivity (Wildman–Crippen MR) is 108 cm³/mol. The molecule has 0 spiro atoms. The van der Waals surface area contributed by atoms with Gasteiger partial charge in [-0.3, -0.25) is 4.48 Å². The van der Waals surface area contributed by atoms with Crippen LogP contribution >= 0.6 is 0 Å². The second-order valence-electron chi connectivity index (χ2n) is 8.77. The second kappa shape index (κ2) is 7.50. The van der Waals surface area contributed by atoms with Crippen LogP contribution in [0.1, 0.15) is 41.5 Å². The molecule has 24 heavy (non-hydrogen) atoms. The van der Waals surface area contributed by atoms with Crippen LogP contribution in [0, 0.1) is 0 Å². The van der Waals surface area contributed by atoms with Gasteiger partial charge in [0.15, 0.2) is 13.9 Å². The minimum absolute atomic E-state index is 0. The van der Waals surface area contributed by atoms with E-state index in [9.17, 15) is 0 Å². The number of quaternary nitrogens is 1. The van der Waals surface area contributed by atoms with Gasteiger partial charge in [-0.1, -0.05) is 53.7 Å². The number of aromatic nitrogens is 1. The lowest BCUT2D eigenvalue weighted by Crippen LogP contribution is -3.00. The Balaban J connectivity index is 0.00000288. The Labute approximate surface area is 166 Å². The van der Waals surface area contributed by atoms with Crippen molar-refractivity contribution in [3.63, 3.8) is 0 Å². The molecule has 2 aromatic rings. The molecular weight excluding hydrogens is 423 g/mol. The third-order valence-corrected chi connectivity index (χ3v) is 12.4. The minimum Gasteiger partial charge on any atom is -1.00 e. The van der Waals surface area contributed by atoms with Gasteiger partial charge in [-0.2, -0.15) is 0 Å². The lowest BCUT2D eigenvalue weighted by atomic mass is 10.2. The maximum atomic E-state index is 2.74. The summed E-state index contributed by atoms with van der Waals surface area (Å²) in [4.78, 5) is 0. The summed E-state index contributed by atoms with van der Waals surface area (Å²) in [6, 6.07) is 8.99. The van der Waals surface area contributed by atoms with E-state index in [1.165, 1.54) is 16.6 Å². The molecule has 1 heterocycles. The highest BCUT2D eigenvalue weighted by atomic mass is 127. The van der Waals surface area contributed by atoms with E-state index in [-0.39, 0.29) is 24.0 Å². The molecule has 0 aliphatic rings. The summed E-state index contributed by atoms with van der Waals surface area (Å²) < 4.78 is 3.60. The summed E-state index contributed by atoms with van der Waals surface area (Å²) in [5, 5.41) is 1.42. The van der Waals surface area contributed by atoms with Gasteiger partial charge >= 0.3 is 0 Å². The molecule has 0 N–H and O–H groups in total. The fourth-order valence-corrected chi connectivity index (χ4v) is 11.5. The number of nitrogens with zero attached hydrogens (tertiary/aromatic N) is 2. The average molecular weight is 459 g/mol. The van der Waals surface area contributed by atoms with Crippen LogP contribution in [0.5, 0.6) is 0 Å². The van der Waals surface area contributed by atoms with Crippen molar-refractivity contribution in [2.45, 2.75) is 58.2 Å². The first-order chi connectivity index (χ1) is 10.5. The summed E-state index contributed by atoms with van der Waals surface area (Å²) in [6.45, 7) is 14.6. The van der Waals surface area contributed by atoms with E-state index >= 15 is 0 Å². The Bertz CT molecular complexity index is 659. The van der Waals surface area contributed by atoms with Crippen molar-refractivity contribution in [2.75, 3.05) is 21.1 Å². The van der Waals surface area contributed by atoms with Crippen molar-refractivity contribution in [2.24, 2.45) is 0 Å². The molecule has 0 aliphatic carbocycles. The highest BCUT2D eigenvalue weighted by molar-refractivity contribution is 6.82. The van der Waals surface area contributed by atoms with E-state index in [2.05, 4.69) is 97.4 Å². The van der Waals surface area contributed by atoms with Crippen LogP contribution in [-0.2, 0) is 0 Å². The first-order valence-electron chi connectivity index (χ1n) is 8.97. The average Bonchev–Trinajstić information content (AvgIpc) is 2.78. The van der Waals surface area contributed by atoms with Crippen LogP contribution in [0.25, 0.3) is 10.9 Å². The van der Waals surface area contributed by atoms with Gasteiger partial charge in [0.1, 0.15) is 0 Å². The number of para-hydroxylation sites is 1. The lowest BCUT2D eigenvalue weighted by Gasteiger charge is -2.44. The van der Waals surface area contributed by atoms with E-state index in [0.717, 1.165) is 4.48 Å². The van der Waals surface area contributed by atoms with Gasteiger partial charge in [-0.05, 0) is 28.8 Å². The Morgan fingerprint density at radius 2 is 1.29 bits per heavy atom. The normalized spacial score (nSPS) is 13.2. The third kappa shape index (κ3) is 3.34. The lowest BCUT2D eigenvalue weighted by molar-refractivity contribution is -0.00000543. The van der Waals surface area contributed by atoms with E-state index in [0.29, 0.717) is 16.6 Å². The topological polar surface area (TPSA) is 4.93 Å². The van der Waals surface area contributed by atoms with Crippen LogP contribution < -0.4 is 28.5 Å². The molecule has 2 nitrogen and oxygen atoms in total. The first-order valence-corrected chi connectivity index (χ1v) is 11.1. The number of hydrogen-bond acceptors (Lipinski definition) is 0. The number of hydrogen-bond donors (Lipinski definition) is 0. The summed E-state index contributed by atoms with van der Waals surface area (Å²) in [6.07, 6.45) is 2.48. The van der Waals surface area contributed by atoms with E-state index in [4.69, 9.17) is 0 Å². The molecule has 0 radical (unpaired) electrons. The number of benzene rings is 1. The fourth-order valence-electron chi connectivity index (χ4n) is 4.85. The van der Waals surface area contributed by atoms with Crippen LogP contribution in [0.3, 0.4) is 0 Å². The van der Waals surface area contributed by atoms with Gasteiger partial charge in [0.05, 0.1) is 32.7 Å². The van der Waals surface area contributed by atoms with Crippen molar-refractivity contribution in [1.29, 1.82) is 0 Å². The molecule has 1 aromatic heterocycles. The Morgan fingerprint density at radius 3 is 1.71 bits per heavy atom. The molecule has 1 aromatic carbocycles. The second-order valence-corrected chi connectivity index (χ2v) is 14.5. The summed E-state index contributed by atoms with van der Waals surface area (Å²) in [5.74, 6) is 0. The summed E-state index contributed by atoms with van der Waals surface area (Å²) >= 11 is 0. The maximum Gasteiger partial charge on any atom is 0.169 e. The molecule has 0 amide bonds. The van der Waals surface area contributed by atoms with Crippen molar-refractivity contribution < 1.29 is 24.0 Å². The van der Waals surface area contributed by atoms with E-state index in [1.54, 1.807) is 0 Å². The summed E-state index contributed by atoms with van der Waals surface area (Å²) in [5.41, 5.74) is 4.98. The highest BCUT2D eigenvalue weighted by Crippen LogP contribution is 2.46. The van der Waals surface area contributed by atoms with Gasteiger partial charge in [0.2, 0.25) is 0 Å². The molecule has 0 unspecified atom stereocenters. The van der Waals surface area contributed by atoms with Gasteiger partial charge in [-0.25, -0.2) is 0 Å². The number of fused-ring (bicyclic) bond motifs is 1. The third-order valence-electron chi connectivity index (χ3n) is 5.61. The molecule has 0 saturated carbocycles. The largest absolute Gasteiger partial charge is 1.00 e.